The minimum atomic E-state index is 0.630. The molecule has 19 heavy (non-hydrogen) atoms. The molecule has 0 aliphatic heterocycles. The predicted molar refractivity (Wildman–Crippen MR) is 85.3 cm³/mol. The highest BCUT2D eigenvalue weighted by Crippen LogP contribution is 2.26. The van der Waals surface area contributed by atoms with Crippen LogP contribution >= 0.6 is 43.5 Å². The van der Waals surface area contributed by atoms with Crippen molar-refractivity contribution >= 4 is 49.1 Å². The zero-order chi connectivity index (χ0) is 13.8. The van der Waals surface area contributed by atoms with Crippen molar-refractivity contribution in [3.05, 3.63) is 61.5 Å². The zero-order valence-electron chi connectivity index (χ0n) is 9.75. The van der Waals surface area contributed by atoms with E-state index in [1.54, 1.807) is 12.1 Å². The summed E-state index contributed by atoms with van der Waals surface area (Å²) in [7, 11) is 0. The van der Waals surface area contributed by atoms with Gasteiger partial charge in [0.2, 0.25) is 0 Å². The number of benzene rings is 2. The first kappa shape index (κ1) is 14.4. The minimum absolute atomic E-state index is 0.630. The van der Waals surface area contributed by atoms with Crippen LogP contribution in [0.4, 0.5) is 5.69 Å². The van der Waals surface area contributed by atoms with Crippen LogP contribution in [0.3, 0.4) is 0 Å². The molecule has 0 saturated heterocycles. The van der Waals surface area contributed by atoms with Crippen molar-refractivity contribution < 1.29 is 0 Å². The maximum atomic E-state index is 8.81. The number of nitriles is 1. The number of nitrogens with zero attached hydrogens (tertiary/aromatic N) is 1. The topological polar surface area (TPSA) is 35.8 Å². The molecule has 0 radical (unpaired) electrons. The zero-order valence-corrected chi connectivity index (χ0v) is 13.7. The summed E-state index contributed by atoms with van der Waals surface area (Å²) in [6, 6.07) is 13.3. The SMILES string of the molecule is N#Cc1ccc(NCc2ccc(Cl)cc2Br)c(Br)c1. The molecule has 0 atom stereocenters. The van der Waals surface area contributed by atoms with Crippen molar-refractivity contribution in [2.45, 2.75) is 6.54 Å². The van der Waals surface area contributed by atoms with Crippen LogP contribution in [-0.2, 0) is 6.54 Å². The minimum Gasteiger partial charge on any atom is -0.380 e. The molecule has 0 heterocycles. The smallest absolute Gasteiger partial charge is 0.0992 e. The van der Waals surface area contributed by atoms with Crippen molar-refractivity contribution in [2.75, 3.05) is 5.32 Å². The molecule has 2 nitrogen and oxygen atoms in total. The maximum Gasteiger partial charge on any atom is 0.0992 e. The molecule has 0 amide bonds. The van der Waals surface area contributed by atoms with Crippen LogP contribution in [0, 0.1) is 11.3 Å². The van der Waals surface area contributed by atoms with Gasteiger partial charge in [-0.05, 0) is 51.8 Å². The molecule has 2 rings (SSSR count). The standard InChI is InChI=1S/C14H9Br2ClN2/c15-12-6-11(17)3-2-10(12)8-19-14-4-1-9(7-18)5-13(14)16/h1-6,19H,8H2. The Labute approximate surface area is 133 Å². The maximum absolute atomic E-state index is 8.81. The van der Waals surface area contributed by atoms with Crippen molar-refractivity contribution in [1.82, 2.24) is 0 Å². The van der Waals surface area contributed by atoms with Crippen LogP contribution in [0.25, 0.3) is 0 Å². The highest BCUT2D eigenvalue weighted by Gasteiger charge is 2.04. The Balaban J connectivity index is 2.13. The quantitative estimate of drug-likeness (QED) is 0.754. The molecule has 5 heteroatoms. The lowest BCUT2D eigenvalue weighted by Gasteiger charge is -2.10. The van der Waals surface area contributed by atoms with Crippen LogP contribution < -0.4 is 5.32 Å². The lowest BCUT2D eigenvalue weighted by atomic mass is 10.2. The highest BCUT2D eigenvalue weighted by molar-refractivity contribution is 9.11. The van der Waals surface area contributed by atoms with E-state index in [4.69, 9.17) is 16.9 Å². The lowest BCUT2D eigenvalue weighted by Crippen LogP contribution is -2.01. The van der Waals surface area contributed by atoms with E-state index in [-0.39, 0.29) is 0 Å². The normalized spacial score (nSPS) is 10.0. The lowest BCUT2D eigenvalue weighted by molar-refractivity contribution is 1.13. The molecule has 0 unspecified atom stereocenters. The molecule has 0 bridgehead atoms. The van der Waals surface area contributed by atoms with Crippen LogP contribution in [0.2, 0.25) is 5.02 Å². The highest BCUT2D eigenvalue weighted by atomic mass is 79.9. The Hall–Kier alpha value is -1.02. The van der Waals surface area contributed by atoms with Gasteiger partial charge in [-0.25, -0.2) is 0 Å². The molecule has 0 aliphatic carbocycles. The fourth-order valence-corrected chi connectivity index (χ4v) is 2.93. The summed E-state index contributed by atoms with van der Waals surface area (Å²) in [5, 5.41) is 12.8. The van der Waals surface area contributed by atoms with E-state index in [9.17, 15) is 0 Å². The molecule has 2 aromatic rings. The summed E-state index contributed by atoms with van der Waals surface area (Å²) in [6.07, 6.45) is 0. The second kappa shape index (κ2) is 6.42. The van der Waals surface area contributed by atoms with Gasteiger partial charge in [0, 0.05) is 26.2 Å². The number of hydrogen-bond donors (Lipinski definition) is 1. The number of anilines is 1. The molecule has 0 saturated carbocycles. The molecule has 0 aromatic heterocycles. The van der Waals surface area contributed by atoms with E-state index in [2.05, 4.69) is 43.2 Å². The Morgan fingerprint density at radius 3 is 2.53 bits per heavy atom. The molecule has 1 N–H and O–H groups in total. The molecule has 0 aliphatic rings. The molecule has 2 aromatic carbocycles. The van der Waals surface area contributed by atoms with Gasteiger partial charge in [-0.2, -0.15) is 5.26 Å². The second-order valence-corrected chi connectivity index (χ2v) is 6.04. The van der Waals surface area contributed by atoms with Gasteiger partial charge in [0.25, 0.3) is 0 Å². The third-order valence-electron chi connectivity index (χ3n) is 2.58. The fraction of sp³-hybridized carbons (Fsp3) is 0.0714. The Bertz CT molecular complexity index is 650. The summed E-state index contributed by atoms with van der Waals surface area (Å²) in [6.45, 7) is 0.669. The molecule has 96 valence electrons. The first-order chi connectivity index (χ1) is 9.10. The van der Waals surface area contributed by atoms with Crippen LogP contribution in [0.5, 0.6) is 0 Å². The van der Waals surface area contributed by atoms with Gasteiger partial charge in [0.05, 0.1) is 11.6 Å². The Morgan fingerprint density at radius 1 is 1.11 bits per heavy atom. The average molecular weight is 401 g/mol. The first-order valence-electron chi connectivity index (χ1n) is 5.47. The summed E-state index contributed by atoms with van der Waals surface area (Å²) in [5.41, 5.74) is 2.69. The van der Waals surface area contributed by atoms with Crippen molar-refractivity contribution in [2.24, 2.45) is 0 Å². The van der Waals surface area contributed by atoms with Crippen LogP contribution in [0.15, 0.2) is 45.3 Å². The van der Waals surface area contributed by atoms with Crippen molar-refractivity contribution in [3.63, 3.8) is 0 Å². The second-order valence-electron chi connectivity index (χ2n) is 3.90. The van der Waals surface area contributed by atoms with E-state index >= 15 is 0 Å². The molecular weight excluding hydrogens is 391 g/mol. The third-order valence-corrected chi connectivity index (χ3v) is 4.21. The van der Waals surface area contributed by atoms with Gasteiger partial charge in [-0.3, -0.25) is 0 Å². The van der Waals surface area contributed by atoms with E-state index in [1.807, 2.05) is 24.3 Å². The molecule has 0 spiro atoms. The third kappa shape index (κ3) is 3.73. The van der Waals surface area contributed by atoms with Crippen LogP contribution in [-0.4, -0.2) is 0 Å². The van der Waals surface area contributed by atoms with Crippen molar-refractivity contribution in [3.8, 4) is 6.07 Å². The Morgan fingerprint density at radius 2 is 1.89 bits per heavy atom. The van der Waals surface area contributed by atoms with Gasteiger partial charge in [0.15, 0.2) is 0 Å². The summed E-state index contributed by atoms with van der Waals surface area (Å²) in [5.74, 6) is 0. The summed E-state index contributed by atoms with van der Waals surface area (Å²) >= 11 is 12.8. The summed E-state index contributed by atoms with van der Waals surface area (Å²) in [4.78, 5) is 0. The van der Waals surface area contributed by atoms with Gasteiger partial charge in [-0.1, -0.05) is 33.6 Å². The van der Waals surface area contributed by atoms with Gasteiger partial charge in [-0.15, -0.1) is 0 Å². The number of nitrogens with one attached hydrogen (secondary N) is 1. The average Bonchev–Trinajstić information content (AvgIpc) is 2.39. The van der Waals surface area contributed by atoms with E-state index in [0.29, 0.717) is 17.1 Å². The molecule has 0 fully saturated rings. The van der Waals surface area contributed by atoms with E-state index < -0.39 is 0 Å². The van der Waals surface area contributed by atoms with Gasteiger partial charge in [0.1, 0.15) is 0 Å². The summed E-state index contributed by atoms with van der Waals surface area (Å²) < 4.78 is 1.84. The monoisotopic (exact) mass is 398 g/mol. The van der Waals surface area contributed by atoms with Gasteiger partial charge < -0.3 is 5.32 Å². The first-order valence-corrected chi connectivity index (χ1v) is 7.44. The largest absolute Gasteiger partial charge is 0.380 e. The van der Waals surface area contributed by atoms with Crippen LogP contribution in [0.1, 0.15) is 11.1 Å². The predicted octanol–water partition coefficient (Wildman–Crippen LogP) is 5.35. The number of hydrogen-bond acceptors (Lipinski definition) is 2. The van der Waals surface area contributed by atoms with E-state index in [1.165, 1.54) is 0 Å². The number of halogens is 3. The van der Waals surface area contributed by atoms with Gasteiger partial charge >= 0.3 is 0 Å². The number of rotatable bonds is 3. The Kier molecular flexibility index (Phi) is 4.87. The molecular formula is C14H9Br2ClN2. The van der Waals surface area contributed by atoms with Crippen molar-refractivity contribution in [1.29, 1.82) is 5.26 Å². The fourth-order valence-electron chi connectivity index (χ4n) is 1.58. The van der Waals surface area contributed by atoms with E-state index in [0.717, 1.165) is 20.2 Å².